The van der Waals surface area contributed by atoms with Gasteiger partial charge in [0.2, 0.25) is 15.9 Å². The molecular weight excluding hydrogens is 466 g/mol. The lowest BCUT2D eigenvalue weighted by molar-refractivity contribution is -0.115. The number of nitrogens with zero attached hydrogens (tertiary/aromatic N) is 4. The number of hydrogen-bond donors (Lipinski definition) is 1. The molecular formula is C21H25N5O3S3. The molecule has 0 spiro atoms. The molecule has 3 aromatic rings. The number of aromatic nitrogens is 3. The average molecular weight is 492 g/mol. The Hall–Kier alpha value is -2.21. The van der Waals surface area contributed by atoms with Crippen LogP contribution in [-0.4, -0.2) is 51.7 Å². The van der Waals surface area contributed by atoms with E-state index < -0.39 is 15.3 Å². The van der Waals surface area contributed by atoms with Crippen LogP contribution in [0, 0.1) is 0 Å². The minimum atomic E-state index is -3.47. The number of carbonyl (C=O) groups is 1. The Morgan fingerprint density at radius 2 is 1.91 bits per heavy atom. The number of rotatable bonds is 8. The summed E-state index contributed by atoms with van der Waals surface area (Å²) in [4.78, 5) is 14.0. The van der Waals surface area contributed by atoms with Gasteiger partial charge < -0.3 is 9.88 Å². The molecule has 8 nitrogen and oxygen atoms in total. The normalized spacial score (nSPS) is 15.7. The maximum atomic E-state index is 12.7. The molecule has 1 atom stereocenters. The van der Waals surface area contributed by atoms with E-state index in [2.05, 4.69) is 15.5 Å². The molecule has 1 saturated heterocycles. The average Bonchev–Trinajstić information content (AvgIpc) is 3.55. The molecule has 32 heavy (non-hydrogen) atoms. The molecule has 1 amide bonds. The van der Waals surface area contributed by atoms with Crippen LogP contribution < -0.4 is 5.32 Å². The van der Waals surface area contributed by atoms with Crippen molar-refractivity contribution in [2.24, 2.45) is 0 Å². The van der Waals surface area contributed by atoms with Gasteiger partial charge in [-0.25, -0.2) is 8.42 Å². The zero-order valence-corrected chi connectivity index (χ0v) is 20.3. The van der Waals surface area contributed by atoms with Crippen molar-refractivity contribution in [2.75, 3.05) is 18.4 Å². The topological polar surface area (TPSA) is 97.2 Å². The summed E-state index contributed by atoms with van der Waals surface area (Å²) in [6.07, 6.45) is 1.78. The number of hydrogen-bond acceptors (Lipinski definition) is 7. The summed E-state index contributed by atoms with van der Waals surface area (Å²) in [5.74, 6) is 0.612. The fourth-order valence-electron chi connectivity index (χ4n) is 3.49. The van der Waals surface area contributed by atoms with Gasteiger partial charge in [-0.2, -0.15) is 4.31 Å². The molecule has 0 aliphatic carbocycles. The predicted molar refractivity (Wildman–Crippen MR) is 127 cm³/mol. The van der Waals surface area contributed by atoms with Gasteiger partial charge in [-0.1, -0.05) is 17.8 Å². The Labute approximate surface area is 196 Å². The molecule has 11 heteroatoms. The molecule has 1 aromatic carbocycles. The lowest BCUT2D eigenvalue weighted by Crippen LogP contribution is -2.27. The smallest absolute Gasteiger partial charge is 0.243 e. The summed E-state index contributed by atoms with van der Waals surface area (Å²) >= 11 is 2.94. The van der Waals surface area contributed by atoms with Crippen LogP contribution in [0.2, 0.25) is 0 Å². The number of sulfonamides is 1. The number of thiophene rings is 1. The number of carbonyl (C=O) groups excluding carboxylic acids is 1. The summed E-state index contributed by atoms with van der Waals surface area (Å²) in [6, 6.07) is 10.3. The molecule has 0 saturated carbocycles. The van der Waals surface area contributed by atoms with E-state index >= 15 is 0 Å². The maximum absolute atomic E-state index is 12.7. The first kappa shape index (κ1) is 23.0. The number of amides is 1. The van der Waals surface area contributed by atoms with Crippen LogP contribution in [0.25, 0.3) is 10.7 Å². The third-order valence-electron chi connectivity index (χ3n) is 5.25. The SMILES string of the molecule is CCn1c(SC(C)C(=O)Nc2ccc(S(=O)(=O)N3CCCC3)cc2)nnc1-c1cccs1. The molecule has 1 aliphatic rings. The quantitative estimate of drug-likeness (QED) is 0.480. The van der Waals surface area contributed by atoms with Crippen molar-refractivity contribution in [3.05, 3.63) is 41.8 Å². The van der Waals surface area contributed by atoms with Gasteiger partial charge in [0, 0.05) is 25.3 Å². The van der Waals surface area contributed by atoms with E-state index in [1.165, 1.54) is 16.1 Å². The molecule has 1 unspecified atom stereocenters. The van der Waals surface area contributed by atoms with Crippen molar-refractivity contribution in [1.29, 1.82) is 0 Å². The Bertz CT molecular complexity index is 1170. The second-order valence-electron chi connectivity index (χ2n) is 7.41. The highest BCUT2D eigenvalue weighted by molar-refractivity contribution is 8.00. The minimum absolute atomic E-state index is 0.187. The van der Waals surface area contributed by atoms with Gasteiger partial charge in [-0.3, -0.25) is 4.79 Å². The Balaban J connectivity index is 1.41. The number of benzene rings is 1. The lowest BCUT2D eigenvalue weighted by Gasteiger charge is -2.16. The minimum Gasteiger partial charge on any atom is -0.325 e. The van der Waals surface area contributed by atoms with Crippen molar-refractivity contribution in [3.63, 3.8) is 0 Å². The first-order valence-electron chi connectivity index (χ1n) is 10.4. The molecule has 0 radical (unpaired) electrons. The van der Waals surface area contributed by atoms with E-state index in [-0.39, 0.29) is 10.8 Å². The van der Waals surface area contributed by atoms with Crippen molar-refractivity contribution in [1.82, 2.24) is 19.1 Å². The standard InChI is InChI=1S/C21H25N5O3S3/c1-3-26-19(18-7-6-14-30-18)23-24-21(26)31-15(2)20(27)22-16-8-10-17(11-9-16)32(28,29)25-12-4-5-13-25/h6-11,14-15H,3-5,12-13H2,1-2H3,(H,22,27). The van der Waals surface area contributed by atoms with Gasteiger partial charge in [0.05, 0.1) is 15.0 Å². The van der Waals surface area contributed by atoms with Gasteiger partial charge in [-0.05, 0) is 62.4 Å². The summed E-state index contributed by atoms with van der Waals surface area (Å²) in [7, 11) is -3.47. The van der Waals surface area contributed by atoms with Crippen molar-refractivity contribution in [2.45, 2.75) is 48.5 Å². The molecule has 1 N–H and O–H groups in total. The van der Waals surface area contributed by atoms with E-state index in [9.17, 15) is 13.2 Å². The molecule has 0 bridgehead atoms. The van der Waals surface area contributed by atoms with Crippen LogP contribution in [0.4, 0.5) is 5.69 Å². The molecule has 2 aromatic heterocycles. The van der Waals surface area contributed by atoms with Crippen LogP contribution in [-0.2, 0) is 21.4 Å². The van der Waals surface area contributed by atoms with Crippen LogP contribution in [0.1, 0.15) is 26.7 Å². The Morgan fingerprint density at radius 3 is 2.53 bits per heavy atom. The van der Waals surface area contributed by atoms with E-state index in [0.717, 1.165) is 23.5 Å². The van der Waals surface area contributed by atoms with Crippen molar-refractivity contribution >= 4 is 44.7 Å². The zero-order chi connectivity index (χ0) is 22.7. The highest BCUT2D eigenvalue weighted by atomic mass is 32.2. The number of anilines is 1. The lowest BCUT2D eigenvalue weighted by atomic mass is 10.3. The third-order valence-corrected chi connectivity index (χ3v) is 9.11. The van der Waals surface area contributed by atoms with Crippen molar-refractivity contribution < 1.29 is 13.2 Å². The van der Waals surface area contributed by atoms with Crippen LogP contribution in [0.5, 0.6) is 0 Å². The van der Waals surface area contributed by atoms with Crippen LogP contribution in [0.3, 0.4) is 0 Å². The summed E-state index contributed by atoms with van der Waals surface area (Å²) < 4.78 is 28.8. The van der Waals surface area contributed by atoms with E-state index in [1.54, 1.807) is 35.6 Å². The summed E-state index contributed by atoms with van der Waals surface area (Å²) in [5, 5.41) is 13.7. The maximum Gasteiger partial charge on any atom is 0.243 e. The summed E-state index contributed by atoms with van der Waals surface area (Å²) in [5.41, 5.74) is 0.555. The fourth-order valence-corrected chi connectivity index (χ4v) is 6.64. The number of thioether (sulfide) groups is 1. The second-order valence-corrected chi connectivity index (χ2v) is 11.6. The van der Waals surface area contributed by atoms with Gasteiger partial charge >= 0.3 is 0 Å². The second kappa shape index (κ2) is 9.74. The van der Waals surface area contributed by atoms with E-state index in [4.69, 9.17) is 0 Å². The first-order valence-corrected chi connectivity index (χ1v) is 13.6. The van der Waals surface area contributed by atoms with E-state index in [1.807, 2.05) is 35.9 Å². The van der Waals surface area contributed by atoms with Gasteiger partial charge in [0.15, 0.2) is 11.0 Å². The highest BCUT2D eigenvalue weighted by Gasteiger charge is 2.27. The molecule has 1 aliphatic heterocycles. The fraction of sp³-hybridized carbons (Fsp3) is 0.381. The van der Waals surface area contributed by atoms with Crippen LogP contribution >= 0.6 is 23.1 Å². The van der Waals surface area contributed by atoms with Gasteiger partial charge in [-0.15, -0.1) is 21.5 Å². The Morgan fingerprint density at radius 1 is 1.19 bits per heavy atom. The zero-order valence-electron chi connectivity index (χ0n) is 17.9. The highest BCUT2D eigenvalue weighted by Crippen LogP contribution is 2.29. The monoisotopic (exact) mass is 491 g/mol. The van der Waals surface area contributed by atoms with E-state index in [0.29, 0.717) is 30.5 Å². The van der Waals surface area contributed by atoms with Gasteiger partial charge in [0.1, 0.15) is 0 Å². The number of nitrogens with one attached hydrogen (secondary N) is 1. The summed E-state index contributed by atoms with van der Waals surface area (Å²) in [6.45, 7) is 5.65. The molecule has 1 fully saturated rings. The first-order chi connectivity index (χ1) is 15.4. The van der Waals surface area contributed by atoms with Crippen LogP contribution in [0.15, 0.2) is 51.8 Å². The molecule has 4 rings (SSSR count). The molecule has 3 heterocycles. The third kappa shape index (κ3) is 4.75. The van der Waals surface area contributed by atoms with Gasteiger partial charge in [0.25, 0.3) is 0 Å². The van der Waals surface area contributed by atoms with Crippen molar-refractivity contribution in [3.8, 4) is 10.7 Å². The Kier molecular flexibility index (Phi) is 6.99. The molecule has 170 valence electrons. The largest absolute Gasteiger partial charge is 0.325 e. The predicted octanol–water partition coefficient (Wildman–Crippen LogP) is 3.93.